The molecule has 0 saturated carbocycles. The molecule has 0 unspecified atom stereocenters. The van der Waals surface area contributed by atoms with Crippen molar-refractivity contribution >= 4 is 28.7 Å². The molecule has 0 amide bonds. The minimum Gasteiger partial charge on any atom is -0.286 e. The quantitative estimate of drug-likeness (QED) is 0.637. The average Bonchev–Trinajstić information content (AvgIpc) is 2.90. The van der Waals surface area contributed by atoms with Gasteiger partial charge in [0.1, 0.15) is 0 Å². The Balaban J connectivity index is 1.98. The molecule has 3 aromatic rings. The van der Waals surface area contributed by atoms with Crippen LogP contribution < -0.4 is 0 Å². The van der Waals surface area contributed by atoms with Crippen molar-refractivity contribution in [1.82, 2.24) is 4.98 Å². The lowest BCUT2D eigenvalue weighted by Gasteiger charge is -1.98. The molecule has 21 heavy (non-hydrogen) atoms. The van der Waals surface area contributed by atoms with E-state index in [1.807, 2.05) is 49.4 Å². The maximum atomic E-state index is 12.4. The fraction of sp³-hybridized carbons (Fsp3) is 0.0588. The molecule has 0 aliphatic heterocycles. The van der Waals surface area contributed by atoms with Crippen molar-refractivity contribution in [2.45, 2.75) is 6.92 Å². The number of ketones is 1. The first kappa shape index (κ1) is 14.0. The van der Waals surface area contributed by atoms with E-state index in [4.69, 9.17) is 11.6 Å². The van der Waals surface area contributed by atoms with Gasteiger partial charge in [-0.05, 0) is 19.1 Å². The fourth-order valence-electron chi connectivity index (χ4n) is 2.08. The van der Waals surface area contributed by atoms with E-state index in [9.17, 15) is 4.79 Å². The summed E-state index contributed by atoms with van der Waals surface area (Å²) in [5.74, 6) is -0.0380. The summed E-state index contributed by atoms with van der Waals surface area (Å²) in [6, 6.07) is 16.7. The summed E-state index contributed by atoms with van der Waals surface area (Å²) < 4.78 is 0. The number of hydrogen-bond donors (Lipinski definition) is 0. The zero-order valence-corrected chi connectivity index (χ0v) is 12.9. The van der Waals surface area contributed by atoms with Crippen molar-refractivity contribution in [3.8, 4) is 11.3 Å². The SMILES string of the molecule is Cc1sc(C(=O)c2ccccc2)nc1-c1ccc(Cl)cc1. The van der Waals surface area contributed by atoms with E-state index in [0.29, 0.717) is 15.6 Å². The molecular weight excluding hydrogens is 302 g/mol. The Morgan fingerprint density at radius 1 is 1.05 bits per heavy atom. The first-order chi connectivity index (χ1) is 10.1. The van der Waals surface area contributed by atoms with Crippen LogP contribution in [-0.2, 0) is 0 Å². The maximum absolute atomic E-state index is 12.4. The average molecular weight is 314 g/mol. The Morgan fingerprint density at radius 3 is 2.38 bits per heavy atom. The predicted molar refractivity (Wildman–Crippen MR) is 87.2 cm³/mol. The van der Waals surface area contributed by atoms with E-state index in [1.54, 1.807) is 12.1 Å². The molecule has 0 bridgehead atoms. The fourth-order valence-corrected chi connectivity index (χ4v) is 3.11. The van der Waals surface area contributed by atoms with E-state index in [2.05, 4.69) is 4.98 Å². The van der Waals surface area contributed by atoms with Crippen LogP contribution in [0.15, 0.2) is 54.6 Å². The number of rotatable bonds is 3. The first-order valence-corrected chi connectivity index (χ1v) is 7.68. The van der Waals surface area contributed by atoms with Crippen LogP contribution in [0.3, 0.4) is 0 Å². The Morgan fingerprint density at radius 2 is 1.71 bits per heavy atom. The third-order valence-corrected chi connectivity index (χ3v) is 4.37. The van der Waals surface area contributed by atoms with Gasteiger partial charge in [-0.15, -0.1) is 11.3 Å². The molecule has 2 nitrogen and oxygen atoms in total. The van der Waals surface area contributed by atoms with Gasteiger partial charge < -0.3 is 0 Å². The highest BCUT2D eigenvalue weighted by atomic mass is 35.5. The second kappa shape index (κ2) is 5.80. The second-order valence-corrected chi connectivity index (χ2v) is 6.27. The standard InChI is InChI=1S/C17H12ClNOS/c1-11-15(12-7-9-14(18)10-8-12)19-17(21-11)16(20)13-5-3-2-4-6-13/h2-10H,1H3. The van der Waals surface area contributed by atoms with Crippen LogP contribution in [0.1, 0.15) is 20.2 Å². The maximum Gasteiger partial charge on any atom is 0.221 e. The molecular formula is C17H12ClNOS. The van der Waals surface area contributed by atoms with Gasteiger partial charge >= 0.3 is 0 Å². The highest BCUT2D eigenvalue weighted by Gasteiger charge is 2.16. The number of nitrogens with zero attached hydrogens (tertiary/aromatic N) is 1. The Hall–Kier alpha value is -1.97. The zero-order valence-electron chi connectivity index (χ0n) is 11.3. The molecule has 0 radical (unpaired) electrons. The number of carbonyl (C=O) groups excluding carboxylic acids is 1. The summed E-state index contributed by atoms with van der Waals surface area (Å²) in [7, 11) is 0. The van der Waals surface area contributed by atoms with E-state index in [1.165, 1.54) is 11.3 Å². The van der Waals surface area contributed by atoms with Gasteiger partial charge in [0.15, 0.2) is 5.01 Å². The van der Waals surface area contributed by atoms with E-state index < -0.39 is 0 Å². The molecule has 1 aromatic heterocycles. The monoisotopic (exact) mass is 313 g/mol. The van der Waals surface area contributed by atoms with Crippen molar-refractivity contribution < 1.29 is 4.79 Å². The highest BCUT2D eigenvalue weighted by molar-refractivity contribution is 7.14. The van der Waals surface area contributed by atoms with Gasteiger partial charge in [0, 0.05) is 21.0 Å². The topological polar surface area (TPSA) is 30.0 Å². The summed E-state index contributed by atoms with van der Waals surface area (Å²) in [5.41, 5.74) is 2.48. The molecule has 2 aromatic carbocycles. The van der Waals surface area contributed by atoms with Crippen molar-refractivity contribution in [3.05, 3.63) is 75.1 Å². The number of thiazole rings is 1. The van der Waals surface area contributed by atoms with Crippen molar-refractivity contribution in [2.24, 2.45) is 0 Å². The number of carbonyl (C=O) groups is 1. The molecule has 0 atom stereocenters. The van der Waals surface area contributed by atoms with Crippen molar-refractivity contribution in [1.29, 1.82) is 0 Å². The zero-order chi connectivity index (χ0) is 14.8. The van der Waals surface area contributed by atoms with Crippen LogP contribution >= 0.6 is 22.9 Å². The number of halogens is 1. The molecule has 0 aliphatic rings. The molecule has 4 heteroatoms. The predicted octanol–water partition coefficient (Wildman–Crippen LogP) is 5.00. The van der Waals surface area contributed by atoms with Crippen molar-refractivity contribution in [2.75, 3.05) is 0 Å². The lowest BCUT2D eigenvalue weighted by Crippen LogP contribution is -1.99. The Bertz CT molecular complexity index is 778. The minimum absolute atomic E-state index is 0.0380. The molecule has 0 N–H and O–H groups in total. The number of hydrogen-bond acceptors (Lipinski definition) is 3. The minimum atomic E-state index is -0.0380. The summed E-state index contributed by atoms with van der Waals surface area (Å²) in [5, 5.41) is 1.20. The van der Waals surface area contributed by atoms with Gasteiger partial charge in [-0.2, -0.15) is 0 Å². The molecule has 0 spiro atoms. The van der Waals surface area contributed by atoms with Gasteiger partial charge in [-0.3, -0.25) is 4.79 Å². The van der Waals surface area contributed by atoms with E-state index in [-0.39, 0.29) is 5.78 Å². The molecule has 1 heterocycles. The number of aryl methyl sites for hydroxylation is 1. The first-order valence-electron chi connectivity index (χ1n) is 6.48. The Labute approximate surface area is 132 Å². The van der Waals surface area contributed by atoms with Crippen LogP contribution in [0, 0.1) is 6.92 Å². The van der Waals surface area contributed by atoms with Crippen molar-refractivity contribution in [3.63, 3.8) is 0 Å². The van der Waals surface area contributed by atoms with Crippen LogP contribution in [0.2, 0.25) is 5.02 Å². The van der Waals surface area contributed by atoms with Gasteiger partial charge in [0.05, 0.1) is 5.69 Å². The van der Waals surface area contributed by atoms with E-state index >= 15 is 0 Å². The van der Waals surface area contributed by atoms with Crippen LogP contribution in [0.5, 0.6) is 0 Å². The third-order valence-electron chi connectivity index (χ3n) is 3.14. The van der Waals surface area contributed by atoms with Gasteiger partial charge in [0.25, 0.3) is 0 Å². The lowest BCUT2D eigenvalue weighted by atomic mass is 10.1. The lowest BCUT2D eigenvalue weighted by molar-refractivity contribution is 0.103. The number of aromatic nitrogens is 1. The molecule has 0 fully saturated rings. The largest absolute Gasteiger partial charge is 0.286 e. The van der Waals surface area contributed by atoms with E-state index in [0.717, 1.165) is 16.1 Å². The van der Waals surface area contributed by atoms with Gasteiger partial charge in [0.2, 0.25) is 5.78 Å². The van der Waals surface area contributed by atoms with Crippen LogP contribution in [-0.4, -0.2) is 10.8 Å². The molecule has 3 rings (SSSR count). The number of benzene rings is 2. The van der Waals surface area contributed by atoms with Gasteiger partial charge in [-0.25, -0.2) is 4.98 Å². The van der Waals surface area contributed by atoms with Crippen LogP contribution in [0.25, 0.3) is 11.3 Å². The summed E-state index contributed by atoms with van der Waals surface area (Å²) in [6.45, 7) is 1.98. The molecule has 0 aliphatic carbocycles. The summed E-state index contributed by atoms with van der Waals surface area (Å²) in [6.07, 6.45) is 0. The molecule has 0 saturated heterocycles. The smallest absolute Gasteiger partial charge is 0.221 e. The van der Waals surface area contributed by atoms with Gasteiger partial charge in [-0.1, -0.05) is 54.1 Å². The summed E-state index contributed by atoms with van der Waals surface area (Å²) in [4.78, 5) is 18.0. The Kier molecular flexibility index (Phi) is 3.86. The summed E-state index contributed by atoms with van der Waals surface area (Å²) >= 11 is 7.33. The highest BCUT2D eigenvalue weighted by Crippen LogP contribution is 2.29. The normalized spacial score (nSPS) is 10.6. The van der Waals surface area contributed by atoms with Crippen LogP contribution in [0.4, 0.5) is 0 Å². The molecule has 104 valence electrons. The second-order valence-electron chi connectivity index (χ2n) is 4.63. The third kappa shape index (κ3) is 2.89.